The zero-order chi connectivity index (χ0) is 9.14. The molecule has 0 aliphatic rings. The summed E-state index contributed by atoms with van der Waals surface area (Å²) < 4.78 is 4.51. The third-order valence-electron chi connectivity index (χ3n) is 1.42. The summed E-state index contributed by atoms with van der Waals surface area (Å²) in [4.78, 5) is 0. The monoisotopic (exact) mass is 170 g/mol. The molecule has 0 aliphatic carbocycles. The molecule has 1 aromatic rings. The van der Waals surface area contributed by atoms with E-state index in [4.69, 9.17) is 10.0 Å². The molecule has 0 saturated carbocycles. The molecule has 0 bridgehead atoms. The van der Waals surface area contributed by atoms with E-state index in [1.54, 1.807) is 6.07 Å². The highest BCUT2D eigenvalue weighted by Gasteiger charge is 2.14. The molecule has 6 heteroatoms. The van der Waals surface area contributed by atoms with Gasteiger partial charge in [0.15, 0.2) is 0 Å². The molecule has 0 spiro atoms. The first-order valence-electron chi connectivity index (χ1n) is 3.67. The summed E-state index contributed by atoms with van der Waals surface area (Å²) in [7, 11) is -1.81. The van der Waals surface area contributed by atoms with E-state index in [9.17, 15) is 0 Å². The van der Waals surface area contributed by atoms with Crippen LogP contribution in [-0.4, -0.2) is 27.6 Å². The number of rotatable bonds is 3. The zero-order valence-corrected chi connectivity index (χ0v) is 6.98. The highest BCUT2D eigenvalue weighted by molar-refractivity contribution is 6.33. The predicted octanol–water partition coefficient (Wildman–Crippen LogP) is -0.119. The van der Waals surface area contributed by atoms with Crippen molar-refractivity contribution in [2.75, 3.05) is 0 Å². The summed E-state index contributed by atoms with van der Waals surface area (Å²) in [5, 5.41) is 23.3. The van der Waals surface area contributed by atoms with E-state index in [1.807, 2.05) is 13.8 Å². The first-order valence-corrected chi connectivity index (χ1v) is 3.67. The van der Waals surface area contributed by atoms with E-state index >= 15 is 0 Å². The van der Waals surface area contributed by atoms with Gasteiger partial charge in [0.1, 0.15) is 0 Å². The van der Waals surface area contributed by atoms with E-state index in [2.05, 4.69) is 14.9 Å². The second-order valence-electron chi connectivity index (χ2n) is 2.76. The SMILES string of the molecule is CC(C)c1cc(OB(O)O)n[nH]1. The van der Waals surface area contributed by atoms with Gasteiger partial charge < -0.3 is 14.7 Å². The van der Waals surface area contributed by atoms with Crippen LogP contribution in [0.5, 0.6) is 5.88 Å². The lowest BCUT2D eigenvalue weighted by Crippen LogP contribution is -2.20. The van der Waals surface area contributed by atoms with Crippen molar-refractivity contribution in [3.05, 3.63) is 11.8 Å². The van der Waals surface area contributed by atoms with Crippen LogP contribution >= 0.6 is 0 Å². The molecule has 0 atom stereocenters. The highest BCUT2D eigenvalue weighted by atomic mass is 16.6. The molecule has 0 aliphatic heterocycles. The van der Waals surface area contributed by atoms with Gasteiger partial charge in [0.2, 0.25) is 5.88 Å². The molecule has 0 fully saturated rings. The summed E-state index contributed by atoms with van der Waals surface area (Å²) in [6.45, 7) is 3.99. The van der Waals surface area contributed by atoms with E-state index in [0.29, 0.717) is 5.92 Å². The molecule has 1 rings (SSSR count). The zero-order valence-electron chi connectivity index (χ0n) is 6.98. The molecule has 0 radical (unpaired) electrons. The second-order valence-corrected chi connectivity index (χ2v) is 2.76. The molecule has 12 heavy (non-hydrogen) atoms. The average Bonchev–Trinajstić information content (AvgIpc) is 2.34. The van der Waals surface area contributed by atoms with Gasteiger partial charge in [0, 0.05) is 11.8 Å². The topological polar surface area (TPSA) is 78.4 Å². The Morgan fingerprint density at radius 3 is 2.67 bits per heavy atom. The fourth-order valence-electron chi connectivity index (χ4n) is 0.781. The molecular formula is C6H11BN2O3. The summed E-state index contributed by atoms with van der Waals surface area (Å²) in [6, 6.07) is 1.63. The summed E-state index contributed by atoms with van der Waals surface area (Å²) in [5.41, 5.74) is 0.894. The lowest BCUT2D eigenvalue weighted by molar-refractivity contribution is 0.283. The molecule has 0 unspecified atom stereocenters. The van der Waals surface area contributed by atoms with Gasteiger partial charge in [-0.1, -0.05) is 13.8 Å². The lowest BCUT2D eigenvalue weighted by atomic mass is 10.1. The number of aromatic amines is 1. The van der Waals surface area contributed by atoms with Crippen LogP contribution in [0.4, 0.5) is 0 Å². The number of nitrogens with one attached hydrogen (secondary N) is 1. The van der Waals surface area contributed by atoms with Crippen LogP contribution < -0.4 is 4.65 Å². The first kappa shape index (κ1) is 9.09. The average molecular weight is 170 g/mol. The number of H-pyrrole nitrogens is 1. The minimum absolute atomic E-state index is 0.189. The van der Waals surface area contributed by atoms with Crippen LogP contribution in [0.1, 0.15) is 25.5 Å². The van der Waals surface area contributed by atoms with Crippen LogP contribution in [0.25, 0.3) is 0 Å². The molecule has 3 N–H and O–H groups in total. The first-order chi connectivity index (χ1) is 5.59. The summed E-state index contributed by atoms with van der Waals surface area (Å²) in [6.07, 6.45) is 0. The van der Waals surface area contributed by atoms with Crippen LogP contribution in [0.3, 0.4) is 0 Å². The minimum atomic E-state index is -1.81. The van der Waals surface area contributed by atoms with Gasteiger partial charge in [0.25, 0.3) is 0 Å². The number of aromatic nitrogens is 2. The molecule has 0 amide bonds. The van der Waals surface area contributed by atoms with Crippen molar-refractivity contribution in [3.8, 4) is 5.88 Å². The van der Waals surface area contributed by atoms with Gasteiger partial charge in [-0.15, -0.1) is 5.10 Å². The van der Waals surface area contributed by atoms with E-state index < -0.39 is 7.32 Å². The van der Waals surface area contributed by atoms with Crippen molar-refractivity contribution in [2.45, 2.75) is 19.8 Å². The van der Waals surface area contributed by atoms with Gasteiger partial charge in [-0.25, -0.2) is 0 Å². The second kappa shape index (κ2) is 3.60. The van der Waals surface area contributed by atoms with Gasteiger partial charge in [-0.2, -0.15) is 0 Å². The van der Waals surface area contributed by atoms with Crippen molar-refractivity contribution in [3.63, 3.8) is 0 Å². The molecule has 1 heterocycles. The Morgan fingerprint density at radius 1 is 1.58 bits per heavy atom. The maximum Gasteiger partial charge on any atom is 0.708 e. The van der Waals surface area contributed by atoms with E-state index in [-0.39, 0.29) is 5.88 Å². The standard InChI is InChI=1S/C6H11BN2O3/c1-4(2)5-3-6(9-8-5)12-7(10)11/h3-4,10-11H,1-2H3,(H,8,9). The van der Waals surface area contributed by atoms with Crippen molar-refractivity contribution < 1.29 is 14.7 Å². The van der Waals surface area contributed by atoms with Crippen LogP contribution in [0.2, 0.25) is 0 Å². The molecular weight excluding hydrogens is 159 g/mol. The van der Waals surface area contributed by atoms with Crippen molar-refractivity contribution >= 4 is 7.32 Å². The fraction of sp³-hybridized carbons (Fsp3) is 0.500. The highest BCUT2D eigenvalue weighted by Crippen LogP contribution is 2.16. The number of hydrogen-bond donors (Lipinski definition) is 3. The Kier molecular flexibility index (Phi) is 2.72. The minimum Gasteiger partial charge on any atom is -0.497 e. The lowest BCUT2D eigenvalue weighted by Gasteiger charge is -1.98. The smallest absolute Gasteiger partial charge is 0.497 e. The maximum absolute atomic E-state index is 8.43. The Labute approximate surface area is 70.6 Å². The number of nitrogens with zero attached hydrogens (tertiary/aromatic N) is 1. The Hall–Kier alpha value is -1.01. The molecule has 0 saturated heterocycles. The van der Waals surface area contributed by atoms with E-state index in [0.717, 1.165) is 5.69 Å². The van der Waals surface area contributed by atoms with Crippen molar-refractivity contribution in [1.29, 1.82) is 0 Å². The fourth-order valence-corrected chi connectivity index (χ4v) is 0.781. The molecule has 0 aromatic carbocycles. The Bertz CT molecular complexity index is 249. The largest absolute Gasteiger partial charge is 0.708 e. The van der Waals surface area contributed by atoms with Gasteiger partial charge in [0.05, 0.1) is 0 Å². The third kappa shape index (κ3) is 2.25. The Morgan fingerprint density at radius 2 is 2.25 bits per heavy atom. The Balaban J connectivity index is 2.64. The van der Waals surface area contributed by atoms with E-state index in [1.165, 1.54) is 0 Å². The van der Waals surface area contributed by atoms with Gasteiger partial charge in [-0.05, 0) is 5.92 Å². The quantitative estimate of drug-likeness (QED) is 0.552. The summed E-state index contributed by atoms with van der Waals surface area (Å²) in [5.74, 6) is 0.499. The molecule has 66 valence electrons. The third-order valence-corrected chi connectivity index (χ3v) is 1.42. The molecule has 1 aromatic heterocycles. The molecule has 5 nitrogen and oxygen atoms in total. The maximum atomic E-state index is 8.43. The van der Waals surface area contributed by atoms with Crippen LogP contribution in [-0.2, 0) is 0 Å². The number of hydrogen-bond acceptors (Lipinski definition) is 4. The van der Waals surface area contributed by atoms with Gasteiger partial charge in [-0.3, -0.25) is 5.10 Å². The van der Waals surface area contributed by atoms with Crippen LogP contribution in [0.15, 0.2) is 6.07 Å². The predicted molar refractivity (Wildman–Crippen MR) is 43.5 cm³/mol. The van der Waals surface area contributed by atoms with Crippen LogP contribution in [0, 0.1) is 0 Å². The normalized spacial score (nSPS) is 10.4. The van der Waals surface area contributed by atoms with Crippen molar-refractivity contribution in [1.82, 2.24) is 10.2 Å². The van der Waals surface area contributed by atoms with Crippen molar-refractivity contribution in [2.24, 2.45) is 0 Å². The van der Waals surface area contributed by atoms with Gasteiger partial charge >= 0.3 is 7.32 Å². The summed E-state index contributed by atoms with van der Waals surface area (Å²) >= 11 is 0.